The molecular weight excluding hydrogens is 272 g/mol. The van der Waals surface area contributed by atoms with Gasteiger partial charge in [-0.2, -0.15) is 0 Å². The molecule has 114 valence electrons. The number of rotatable bonds is 9. The van der Waals surface area contributed by atoms with Gasteiger partial charge in [-0.1, -0.05) is 31.5 Å². The summed E-state index contributed by atoms with van der Waals surface area (Å²) >= 11 is 6.42. The number of halogens is 1. The van der Waals surface area contributed by atoms with Crippen LogP contribution in [-0.4, -0.2) is 31.3 Å². The first-order chi connectivity index (χ1) is 9.63. The predicted octanol–water partition coefficient (Wildman–Crippen LogP) is 3.61. The predicted molar refractivity (Wildman–Crippen MR) is 87.8 cm³/mol. The maximum atomic E-state index is 9.15. The third-order valence-electron chi connectivity index (χ3n) is 3.38. The second kappa shape index (κ2) is 9.22. The summed E-state index contributed by atoms with van der Waals surface area (Å²) in [5, 5.41) is 13.4. The number of nitrogens with one attached hydrogen (secondary N) is 1. The summed E-state index contributed by atoms with van der Waals surface area (Å²) in [5.41, 5.74) is 2.21. The van der Waals surface area contributed by atoms with Gasteiger partial charge in [0, 0.05) is 29.8 Å². The number of aliphatic hydroxyl groups excluding tert-OH is 1. The average Bonchev–Trinajstić information content (AvgIpc) is 2.44. The van der Waals surface area contributed by atoms with Crippen molar-refractivity contribution >= 4 is 17.3 Å². The molecule has 3 nitrogen and oxygen atoms in total. The van der Waals surface area contributed by atoms with Gasteiger partial charge < -0.3 is 15.3 Å². The molecule has 1 unspecified atom stereocenters. The summed E-state index contributed by atoms with van der Waals surface area (Å²) < 4.78 is 0. The number of anilines is 1. The highest BCUT2D eigenvalue weighted by Crippen LogP contribution is 2.28. The fourth-order valence-electron chi connectivity index (χ4n) is 2.30. The molecule has 1 rings (SSSR count). The smallest absolute Gasteiger partial charge is 0.0606 e. The molecule has 0 amide bonds. The Balaban J connectivity index is 2.84. The van der Waals surface area contributed by atoms with Crippen LogP contribution in [0.5, 0.6) is 0 Å². The largest absolute Gasteiger partial charge is 0.395 e. The number of benzene rings is 1. The van der Waals surface area contributed by atoms with E-state index < -0.39 is 0 Å². The zero-order valence-corrected chi connectivity index (χ0v) is 13.6. The third kappa shape index (κ3) is 4.97. The van der Waals surface area contributed by atoms with Crippen LogP contribution in [-0.2, 0) is 0 Å². The second-order valence-electron chi connectivity index (χ2n) is 5.09. The summed E-state index contributed by atoms with van der Waals surface area (Å²) in [6, 6.07) is 6.45. The van der Waals surface area contributed by atoms with Crippen molar-refractivity contribution in [3.63, 3.8) is 0 Å². The molecule has 0 aliphatic rings. The normalized spacial score (nSPS) is 12.4. The van der Waals surface area contributed by atoms with Crippen molar-refractivity contribution in [2.45, 2.75) is 39.7 Å². The van der Waals surface area contributed by atoms with Gasteiger partial charge in [-0.15, -0.1) is 0 Å². The summed E-state index contributed by atoms with van der Waals surface area (Å²) in [6.07, 6.45) is 2.16. The van der Waals surface area contributed by atoms with Crippen LogP contribution in [0.1, 0.15) is 45.2 Å². The molecule has 2 N–H and O–H groups in total. The summed E-state index contributed by atoms with van der Waals surface area (Å²) in [4.78, 5) is 2.17. The molecule has 0 bridgehead atoms. The van der Waals surface area contributed by atoms with E-state index in [9.17, 15) is 0 Å². The number of hydrogen-bond acceptors (Lipinski definition) is 3. The molecular formula is C16H27ClN2O. The van der Waals surface area contributed by atoms with Crippen molar-refractivity contribution in [3.05, 3.63) is 28.8 Å². The lowest BCUT2D eigenvalue weighted by Gasteiger charge is -2.25. The maximum Gasteiger partial charge on any atom is 0.0606 e. The van der Waals surface area contributed by atoms with Gasteiger partial charge in [-0.05, 0) is 44.0 Å². The van der Waals surface area contributed by atoms with Gasteiger partial charge in [0.05, 0.1) is 6.61 Å². The molecule has 1 aromatic rings. The first-order valence-corrected chi connectivity index (χ1v) is 7.90. The molecule has 0 aromatic heterocycles. The summed E-state index contributed by atoms with van der Waals surface area (Å²) in [5.74, 6) is 0. The fourth-order valence-corrected chi connectivity index (χ4v) is 2.63. The first kappa shape index (κ1) is 17.3. The van der Waals surface area contributed by atoms with Crippen LogP contribution < -0.4 is 10.2 Å². The van der Waals surface area contributed by atoms with E-state index in [1.165, 1.54) is 0 Å². The van der Waals surface area contributed by atoms with Gasteiger partial charge in [0.2, 0.25) is 0 Å². The van der Waals surface area contributed by atoms with Gasteiger partial charge in [0.15, 0.2) is 0 Å². The van der Waals surface area contributed by atoms with Crippen LogP contribution >= 0.6 is 11.6 Å². The Hall–Kier alpha value is -0.770. The lowest BCUT2D eigenvalue weighted by Crippen LogP contribution is -2.27. The summed E-state index contributed by atoms with van der Waals surface area (Å²) in [7, 11) is 0. The summed E-state index contributed by atoms with van der Waals surface area (Å²) in [6.45, 7) is 9.15. The van der Waals surface area contributed by atoms with Gasteiger partial charge >= 0.3 is 0 Å². The van der Waals surface area contributed by atoms with E-state index in [1.54, 1.807) is 0 Å². The molecule has 0 radical (unpaired) electrons. The Bertz CT molecular complexity index is 392. The van der Waals surface area contributed by atoms with E-state index in [-0.39, 0.29) is 12.6 Å². The van der Waals surface area contributed by atoms with Crippen LogP contribution in [0.4, 0.5) is 5.69 Å². The van der Waals surface area contributed by atoms with E-state index in [2.05, 4.69) is 43.1 Å². The van der Waals surface area contributed by atoms with Crippen molar-refractivity contribution in [3.8, 4) is 0 Å². The molecule has 1 aromatic carbocycles. The van der Waals surface area contributed by atoms with Crippen molar-refractivity contribution in [2.75, 3.05) is 31.1 Å². The van der Waals surface area contributed by atoms with E-state index in [0.717, 1.165) is 42.2 Å². The monoisotopic (exact) mass is 298 g/mol. The van der Waals surface area contributed by atoms with Crippen LogP contribution in [0.15, 0.2) is 18.2 Å². The van der Waals surface area contributed by atoms with Gasteiger partial charge in [-0.25, -0.2) is 0 Å². The van der Waals surface area contributed by atoms with Gasteiger partial charge in [0.1, 0.15) is 0 Å². The minimum Gasteiger partial charge on any atom is -0.395 e. The SMILES string of the molecule is CCCNC(C)c1ccc(N(CCC)CCO)cc1Cl. The number of hydrogen-bond donors (Lipinski definition) is 2. The van der Waals surface area contributed by atoms with E-state index in [4.69, 9.17) is 16.7 Å². The molecule has 1 atom stereocenters. The van der Waals surface area contributed by atoms with Gasteiger partial charge in [0.25, 0.3) is 0 Å². The Morgan fingerprint density at radius 3 is 2.55 bits per heavy atom. The van der Waals surface area contributed by atoms with E-state index >= 15 is 0 Å². The molecule has 0 saturated carbocycles. The molecule has 0 aliphatic heterocycles. The van der Waals surface area contributed by atoms with Crippen molar-refractivity contribution < 1.29 is 5.11 Å². The zero-order valence-electron chi connectivity index (χ0n) is 12.8. The molecule has 0 aliphatic carbocycles. The average molecular weight is 299 g/mol. The van der Waals surface area contributed by atoms with Crippen LogP contribution in [0.25, 0.3) is 0 Å². The highest BCUT2D eigenvalue weighted by Gasteiger charge is 2.12. The Morgan fingerprint density at radius 1 is 1.25 bits per heavy atom. The molecule has 0 fully saturated rings. The highest BCUT2D eigenvalue weighted by molar-refractivity contribution is 6.31. The Labute approximate surface area is 127 Å². The topological polar surface area (TPSA) is 35.5 Å². The second-order valence-corrected chi connectivity index (χ2v) is 5.50. The quantitative estimate of drug-likeness (QED) is 0.731. The van der Waals surface area contributed by atoms with Crippen LogP contribution in [0, 0.1) is 0 Å². The fraction of sp³-hybridized carbons (Fsp3) is 0.625. The lowest BCUT2D eigenvalue weighted by molar-refractivity contribution is 0.302. The third-order valence-corrected chi connectivity index (χ3v) is 3.71. The molecule has 4 heteroatoms. The first-order valence-electron chi connectivity index (χ1n) is 7.52. The Morgan fingerprint density at radius 2 is 2.00 bits per heavy atom. The molecule has 0 spiro atoms. The molecule has 0 heterocycles. The van der Waals surface area contributed by atoms with Crippen molar-refractivity contribution in [2.24, 2.45) is 0 Å². The van der Waals surface area contributed by atoms with Gasteiger partial charge in [-0.3, -0.25) is 0 Å². The molecule has 0 saturated heterocycles. The van der Waals surface area contributed by atoms with E-state index in [0.29, 0.717) is 6.54 Å². The van der Waals surface area contributed by atoms with Crippen molar-refractivity contribution in [1.29, 1.82) is 0 Å². The number of aliphatic hydroxyl groups is 1. The Kier molecular flexibility index (Phi) is 7.97. The van der Waals surface area contributed by atoms with Crippen molar-refractivity contribution in [1.82, 2.24) is 5.32 Å². The highest BCUT2D eigenvalue weighted by atomic mass is 35.5. The number of nitrogens with zero attached hydrogens (tertiary/aromatic N) is 1. The standard InChI is InChI=1S/C16H27ClN2O/c1-4-8-18-13(3)15-7-6-14(12-16(15)17)19(9-5-2)10-11-20/h6-7,12-13,18,20H,4-5,8-11H2,1-3H3. The minimum atomic E-state index is 0.161. The lowest BCUT2D eigenvalue weighted by atomic mass is 10.1. The van der Waals surface area contributed by atoms with Crippen LogP contribution in [0.2, 0.25) is 5.02 Å². The van der Waals surface area contributed by atoms with E-state index in [1.807, 2.05) is 6.07 Å². The maximum absolute atomic E-state index is 9.15. The molecule has 20 heavy (non-hydrogen) atoms. The minimum absolute atomic E-state index is 0.161. The van der Waals surface area contributed by atoms with Crippen LogP contribution in [0.3, 0.4) is 0 Å². The zero-order chi connectivity index (χ0) is 15.0.